The summed E-state index contributed by atoms with van der Waals surface area (Å²) in [6, 6.07) is 5.16. The van der Waals surface area contributed by atoms with Gasteiger partial charge in [-0.3, -0.25) is 9.69 Å². The van der Waals surface area contributed by atoms with Crippen molar-refractivity contribution in [2.75, 3.05) is 26.5 Å². The van der Waals surface area contributed by atoms with E-state index in [1.165, 1.54) is 56.4 Å². The summed E-state index contributed by atoms with van der Waals surface area (Å²) in [5.41, 5.74) is -2.52. The number of methoxy groups -OCH3 is 1. The highest BCUT2D eigenvalue weighted by atomic mass is 32.2. The fourth-order valence-corrected chi connectivity index (χ4v) is 4.77. The number of aliphatic hydroxyl groups is 2. The molecule has 1 aliphatic rings. The lowest BCUT2D eigenvalue weighted by Crippen LogP contribution is -2.52. The van der Waals surface area contributed by atoms with Crippen molar-refractivity contribution >= 4 is 27.7 Å². The number of esters is 1. The maximum atomic E-state index is 12.2. The topological polar surface area (TPSA) is 208 Å². The number of allylic oxidation sites excluding steroid dienone is 1. The normalized spacial score (nSPS) is 15.2. The fraction of sp³-hybridized carbons (Fsp3) is 0.533. The first-order valence-electron chi connectivity index (χ1n) is 14.6. The van der Waals surface area contributed by atoms with Gasteiger partial charge in [0.05, 0.1) is 42.9 Å². The number of urea groups is 1. The van der Waals surface area contributed by atoms with Crippen LogP contribution in [0.2, 0.25) is 0 Å². The largest absolute Gasteiger partial charge is 0.465 e. The van der Waals surface area contributed by atoms with E-state index in [1.54, 1.807) is 20.8 Å². The van der Waals surface area contributed by atoms with E-state index in [-0.39, 0.29) is 30.4 Å². The summed E-state index contributed by atoms with van der Waals surface area (Å²) in [6.07, 6.45) is 2.18. The highest BCUT2D eigenvalue weighted by Gasteiger charge is 2.51. The second-order valence-electron chi connectivity index (χ2n) is 11.1. The van der Waals surface area contributed by atoms with Gasteiger partial charge in [-0.1, -0.05) is 19.9 Å². The van der Waals surface area contributed by atoms with E-state index in [2.05, 4.69) is 11.3 Å². The van der Waals surface area contributed by atoms with E-state index in [0.29, 0.717) is 18.4 Å². The summed E-state index contributed by atoms with van der Waals surface area (Å²) in [6.45, 7) is 10.6. The number of sulfone groups is 1. The third-order valence-corrected chi connectivity index (χ3v) is 8.39. The predicted molar refractivity (Wildman–Crippen MR) is 173 cm³/mol. The summed E-state index contributed by atoms with van der Waals surface area (Å²) >= 11 is 0. The lowest BCUT2D eigenvalue weighted by molar-refractivity contribution is -0.133. The molecule has 3 rings (SSSR count). The molecule has 0 spiro atoms. The van der Waals surface area contributed by atoms with Crippen molar-refractivity contribution in [2.24, 2.45) is 14.1 Å². The first kappa shape index (κ1) is 40.7. The summed E-state index contributed by atoms with van der Waals surface area (Å²) < 4.78 is 29.3. The Morgan fingerprint density at radius 2 is 1.38 bits per heavy atom. The van der Waals surface area contributed by atoms with Crippen molar-refractivity contribution in [3.8, 4) is 0 Å². The van der Waals surface area contributed by atoms with E-state index in [0.717, 1.165) is 24.9 Å². The number of ether oxygens (including phenoxy) is 1. The van der Waals surface area contributed by atoms with Gasteiger partial charge in [0, 0.05) is 26.9 Å². The van der Waals surface area contributed by atoms with Crippen molar-refractivity contribution in [1.82, 2.24) is 23.5 Å². The van der Waals surface area contributed by atoms with Crippen LogP contribution in [0.25, 0.3) is 0 Å². The smallest absolute Gasteiger partial charge is 0.337 e. The number of aliphatic hydroxyl groups excluding tert-OH is 2. The van der Waals surface area contributed by atoms with Gasteiger partial charge < -0.3 is 19.8 Å². The number of rotatable bonds is 10. The van der Waals surface area contributed by atoms with Crippen LogP contribution in [0.15, 0.2) is 56.2 Å². The summed E-state index contributed by atoms with van der Waals surface area (Å²) in [7, 11) is 0.713. The molecule has 0 radical (unpaired) electrons. The molecule has 2 aromatic rings. The van der Waals surface area contributed by atoms with Gasteiger partial charge >= 0.3 is 29.1 Å². The Morgan fingerprint density at radius 3 is 1.79 bits per heavy atom. The van der Waals surface area contributed by atoms with Gasteiger partial charge in [-0.25, -0.2) is 46.1 Å². The molecule has 3 amide bonds. The quantitative estimate of drug-likeness (QED) is 0.192. The Labute approximate surface area is 273 Å². The molecule has 1 aromatic heterocycles. The molecule has 16 nitrogen and oxygen atoms in total. The minimum absolute atomic E-state index is 0.0102. The monoisotopic (exact) mass is 683 g/mol. The summed E-state index contributed by atoms with van der Waals surface area (Å²) in [5.74, 6) is -0.807. The molecule has 0 bridgehead atoms. The molecule has 2 atom stereocenters. The van der Waals surface area contributed by atoms with Crippen molar-refractivity contribution in [2.45, 2.75) is 69.7 Å². The van der Waals surface area contributed by atoms with Gasteiger partial charge in [0.2, 0.25) is 0 Å². The Kier molecular flexibility index (Phi) is 14.7. The minimum atomic E-state index is -3.20. The molecular weight excluding hydrogens is 638 g/mol. The number of imide groups is 1. The fourth-order valence-electron chi connectivity index (χ4n) is 4.14. The number of carbonyl (C=O) groups excluding carboxylic acids is 3. The SMILES string of the molecule is C=CCn1c(=O)n(C)c(=O)n(C)c1=O.CCC(O)CN1C(=O)N(CC(O)CC)C(C)(C)C1=O.COC(=O)c1ccc(S(C)(=O)=O)cc1. The Bertz CT molecular complexity index is 1680. The molecular formula is C30H45N5O11S. The van der Waals surface area contributed by atoms with Gasteiger partial charge in [-0.2, -0.15) is 0 Å². The van der Waals surface area contributed by atoms with E-state index < -0.39 is 56.7 Å². The van der Waals surface area contributed by atoms with Crippen LogP contribution in [0.4, 0.5) is 4.79 Å². The average molecular weight is 684 g/mol. The number of carbonyl (C=O) groups is 3. The van der Waals surface area contributed by atoms with Crippen molar-refractivity contribution in [1.29, 1.82) is 0 Å². The number of benzene rings is 1. The molecule has 2 unspecified atom stereocenters. The zero-order valence-corrected chi connectivity index (χ0v) is 28.8. The van der Waals surface area contributed by atoms with Gasteiger partial charge in [0.25, 0.3) is 5.91 Å². The van der Waals surface area contributed by atoms with Crippen LogP contribution in [0.3, 0.4) is 0 Å². The highest BCUT2D eigenvalue weighted by Crippen LogP contribution is 2.28. The van der Waals surface area contributed by atoms with E-state index in [9.17, 15) is 47.4 Å². The standard InChI is InChI=1S/C13H24N2O4.C9H10O4S.C8H11N3O3/c1-5-9(16)7-14-11(18)13(3,4)15(12(14)19)8-10(17)6-2;1-13-9(10)7-3-5-8(6-4-7)14(2,11)12;1-4-5-11-7(13)9(2)6(12)10(3)8(11)14/h9-10,16-17H,5-8H2,1-4H3;3-6H,1-2H3;4H,1,5H2,2-3H3. The molecule has 2 heterocycles. The van der Waals surface area contributed by atoms with Crippen LogP contribution in [0.5, 0.6) is 0 Å². The van der Waals surface area contributed by atoms with Gasteiger partial charge in [-0.05, 0) is 51.0 Å². The molecule has 1 aromatic carbocycles. The van der Waals surface area contributed by atoms with Crippen LogP contribution in [-0.2, 0) is 40.0 Å². The van der Waals surface area contributed by atoms with Crippen molar-refractivity contribution < 1.29 is 37.8 Å². The van der Waals surface area contributed by atoms with Crippen LogP contribution < -0.4 is 17.1 Å². The molecule has 1 aliphatic heterocycles. The molecule has 0 aliphatic carbocycles. The molecule has 1 fully saturated rings. The molecule has 0 saturated carbocycles. The Balaban J connectivity index is 0.000000359. The lowest BCUT2D eigenvalue weighted by Gasteiger charge is -2.29. The average Bonchev–Trinajstić information content (AvgIpc) is 3.19. The first-order valence-corrected chi connectivity index (χ1v) is 16.5. The summed E-state index contributed by atoms with van der Waals surface area (Å²) in [4.78, 5) is 72.2. The third kappa shape index (κ3) is 10.1. The van der Waals surface area contributed by atoms with Crippen LogP contribution in [0, 0.1) is 0 Å². The molecule has 1 saturated heterocycles. The lowest BCUT2D eigenvalue weighted by atomic mass is 10.0. The number of amides is 3. The first-order chi connectivity index (χ1) is 21.7. The molecule has 17 heteroatoms. The van der Waals surface area contributed by atoms with E-state index in [4.69, 9.17) is 0 Å². The number of nitrogens with zero attached hydrogens (tertiary/aromatic N) is 5. The van der Waals surface area contributed by atoms with Gasteiger partial charge in [0.1, 0.15) is 5.54 Å². The second-order valence-corrected chi connectivity index (χ2v) is 13.2. The van der Waals surface area contributed by atoms with Crippen molar-refractivity contribution in [3.63, 3.8) is 0 Å². The number of aromatic nitrogens is 3. The van der Waals surface area contributed by atoms with E-state index in [1.807, 2.05) is 6.92 Å². The second kappa shape index (κ2) is 17.0. The number of hydrogen-bond acceptors (Lipinski definition) is 11. The van der Waals surface area contributed by atoms with Gasteiger partial charge in [-0.15, -0.1) is 6.58 Å². The maximum Gasteiger partial charge on any atom is 0.337 e. The Hall–Kier alpha value is -4.35. The van der Waals surface area contributed by atoms with Crippen LogP contribution in [-0.4, -0.2) is 104 Å². The number of hydrogen-bond donors (Lipinski definition) is 2. The van der Waals surface area contributed by atoms with E-state index >= 15 is 0 Å². The van der Waals surface area contributed by atoms with Crippen LogP contribution in [0.1, 0.15) is 50.9 Å². The van der Waals surface area contributed by atoms with Crippen molar-refractivity contribution in [3.05, 3.63) is 73.9 Å². The van der Waals surface area contributed by atoms with Crippen LogP contribution >= 0.6 is 0 Å². The predicted octanol–water partition coefficient (Wildman–Crippen LogP) is -0.121. The zero-order valence-electron chi connectivity index (χ0n) is 28.0. The molecule has 2 N–H and O–H groups in total. The maximum absolute atomic E-state index is 12.2. The Morgan fingerprint density at radius 1 is 0.915 bits per heavy atom. The molecule has 47 heavy (non-hydrogen) atoms. The highest BCUT2D eigenvalue weighted by molar-refractivity contribution is 7.90. The minimum Gasteiger partial charge on any atom is -0.465 e. The number of β-amino-alcohol motifs (C(OH)–C–C–N with tert-alkyl or cyclic N) is 2. The zero-order chi connectivity index (χ0) is 36.4. The third-order valence-electron chi connectivity index (χ3n) is 7.26. The molecule has 262 valence electrons. The summed E-state index contributed by atoms with van der Waals surface area (Å²) in [5, 5.41) is 19.3. The van der Waals surface area contributed by atoms with Gasteiger partial charge in [0.15, 0.2) is 9.84 Å².